The maximum atomic E-state index is 14.5. The van der Waals surface area contributed by atoms with E-state index in [2.05, 4.69) is 15.3 Å². The van der Waals surface area contributed by atoms with Crippen molar-refractivity contribution in [2.45, 2.75) is 51.4 Å². The van der Waals surface area contributed by atoms with Gasteiger partial charge in [-0.05, 0) is 39.0 Å². The van der Waals surface area contributed by atoms with Gasteiger partial charge in [0.05, 0.1) is 23.3 Å². The number of carbonyl (C=O) groups is 2. The van der Waals surface area contributed by atoms with Gasteiger partial charge >= 0.3 is 12.1 Å². The minimum Gasteiger partial charge on any atom is -0.493 e. The Balaban J connectivity index is 1.61. The summed E-state index contributed by atoms with van der Waals surface area (Å²) in [6.45, 7) is 5.29. The van der Waals surface area contributed by atoms with Gasteiger partial charge in [0.2, 0.25) is 0 Å². The first-order valence-corrected chi connectivity index (χ1v) is 12.3. The van der Waals surface area contributed by atoms with Crippen LogP contribution in [0.5, 0.6) is 11.5 Å². The molecular weight excluding hydrogens is 519 g/mol. The van der Waals surface area contributed by atoms with E-state index in [0.717, 1.165) is 0 Å². The first-order chi connectivity index (χ1) is 18.0. The number of carbonyl (C=O) groups excluding carboxylic acids is 1. The van der Waals surface area contributed by atoms with Gasteiger partial charge < -0.3 is 24.6 Å². The van der Waals surface area contributed by atoms with E-state index in [-0.39, 0.29) is 23.7 Å². The number of nitrogens with zero attached hydrogens (tertiary/aromatic N) is 3. The molecule has 4 rings (SSSR count). The first kappa shape index (κ1) is 27.2. The van der Waals surface area contributed by atoms with E-state index in [9.17, 15) is 19.1 Å². The molecule has 0 spiro atoms. The Bertz CT molecular complexity index is 1370. The zero-order chi connectivity index (χ0) is 27.6. The van der Waals surface area contributed by atoms with Crippen molar-refractivity contribution >= 4 is 46.1 Å². The number of halogens is 2. The summed E-state index contributed by atoms with van der Waals surface area (Å²) in [4.78, 5) is 34.3. The molecule has 2 aromatic carbocycles. The van der Waals surface area contributed by atoms with E-state index in [1.807, 2.05) is 0 Å². The lowest BCUT2D eigenvalue weighted by molar-refractivity contribution is -0.145. The summed E-state index contributed by atoms with van der Waals surface area (Å²) in [5.41, 5.74) is -0.111. The standard InChI is InChI=1S/C26H28ClFN4O6/c1-26(2,3)38-25(35)32-9-8-14(10-19(32)24(33)34)37-21-11-15-18(12-20(21)36-4)29-13-30-23(15)31-17-7-5-6-16(27)22(17)28/h5-7,11-14,19H,8-10H2,1-4H3,(H,33,34)(H,29,30,31)/t14-,19-/m0/s1. The summed E-state index contributed by atoms with van der Waals surface area (Å²) in [5.74, 6) is -0.769. The molecule has 1 amide bonds. The van der Waals surface area contributed by atoms with E-state index in [0.29, 0.717) is 34.6 Å². The number of ether oxygens (including phenoxy) is 3. The zero-order valence-electron chi connectivity index (χ0n) is 21.3. The smallest absolute Gasteiger partial charge is 0.411 e. The largest absolute Gasteiger partial charge is 0.493 e. The van der Waals surface area contributed by atoms with E-state index in [4.69, 9.17) is 25.8 Å². The van der Waals surface area contributed by atoms with Crippen LogP contribution in [0, 0.1) is 5.82 Å². The van der Waals surface area contributed by atoms with Gasteiger partial charge in [0, 0.05) is 30.8 Å². The van der Waals surface area contributed by atoms with Crippen molar-refractivity contribution in [2.75, 3.05) is 19.0 Å². The van der Waals surface area contributed by atoms with Gasteiger partial charge in [-0.15, -0.1) is 0 Å². The van der Waals surface area contributed by atoms with Gasteiger partial charge in [-0.1, -0.05) is 17.7 Å². The Morgan fingerprint density at radius 2 is 1.97 bits per heavy atom. The zero-order valence-corrected chi connectivity index (χ0v) is 22.1. The molecule has 1 aromatic heterocycles. The maximum Gasteiger partial charge on any atom is 0.411 e. The normalized spacial score (nSPS) is 17.7. The molecule has 12 heteroatoms. The summed E-state index contributed by atoms with van der Waals surface area (Å²) < 4.78 is 31.6. The fourth-order valence-electron chi connectivity index (χ4n) is 4.14. The molecule has 0 radical (unpaired) electrons. The van der Waals surface area contributed by atoms with Gasteiger partial charge in [0.25, 0.3) is 0 Å². The fraction of sp³-hybridized carbons (Fsp3) is 0.385. The number of fused-ring (bicyclic) bond motifs is 1. The molecule has 0 bridgehead atoms. The van der Waals surface area contributed by atoms with E-state index in [1.54, 1.807) is 39.0 Å². The first-order valence-electron chi connectivity index (χ1n) is 11.9. The molecule has 1 saturated heterocycles. The van der Waals surface area contributed by atoms with E-state index < -0.39 is 35.6 Å². The van der Waals surface area contributed by atoms with Crippen molar-refractivity contribution in [2.24, 2.45) is 0 Å². The van der Waals surface area contributed by atoms with Crippen molar-refractivity contribution < 1.29 is 33.3 Å². The summed E-state index contributed by atoms with van der Waals surface area (Å²) in [7, 11) is 1.47. The molecule has 2 N–H and O–H groups in total. The predicted molar refractivity (Wildman–Crippen MR) is 139 cm³/mol. The Hall–Kier alpha value is -3.86. The summed E-state index contributed by atoms with van der Waals surface area (Å²) in [6.07, 6.45) is 0.519. The molecule has 2 atom stereocenters. The van der Waals surface area contributed by atoms with Gasteiger partial charge in [0.15, 0.2) is 17.3 Å². The highest BCUT2D eigenvalue weighted by Crippen LogP contribution is 2.37. The minimum absolute atomic E-state index is 0.0373. The second kappa shape index (κ2) is 10.9. The molecule has 202 valence electrons. The highest BCUT2D eigenvalue weighted by molar-refractivity contribution is 6.31. The molecular formula is C26H28ClFN4O6. The SMILES string of the molecule is COc1cc2ncnc(Nc3cccc(Cl)c3F)c2cc1O[C@H]1CCN(C(=O)OC(C)(C)C)[C@H](C(=O)O)C1. The van der Waals surface area contributed by atoms with E-state index >= 15 is 0 Å². The average molecular weight is 547 g/mol. The molecule has 1 aliphatic rings. The highest BCUT2D eigenvalue weighted by atomic mass is 35.5. The second-order valence-corrected chi connectivity index (χ2v) is 10.2. The lowest BCUT2D eigenvalue weighted by Gasteiger charge is -2.37. The van der Waals surface area contributed by atoms with Gasteiger partial charge in [0.1, 0.15) is 29.9 Å². The number of rotatable bonds is 6. The van der Waals surface area contributed by atoms with Crippen LogP contribution in [-0.2, 0) is 9.53 Å². The van der Waals surface area contributed by atoms with Crippen LogP contribution in [0.3, 0.4) is 0 Å². The van der Waals surface area contributed by atoms with Crippen LogP contribution in [0.4, 0.5) is 20.7 Å². The Kier molecular flexibility index (Phi) is 7.77. The van der Waals surface area contributed by atoms with E-state index in [1.165, 1.54) is 30.5 Å². The van der Waals surface area contributed by atoms with Gasteiger partial charge in [-0.3, -0.25) is 4.90 Å². The van der Waals surface area contributed by atoms with Gasteiger partial charge in [-0.2, -0.15) is 0 Å². The Labute approximate surface area is 223 Å². The number of likely N-dealkylation sites (tertiary alicyclic amines) is 1. The van der Waals surface area contributed by atoms with Crippen molar-refractivity contribution in [3.05, 3.63) is 47.5 Å². The van der Waals surface area contributed by atoms with Crippen LogP contribution in [0.25, 0.3) is 10.9 Å². The molecule has 1 aliphatic heterocycles. The fourth-order valence-corrected chi connectivity index (χ4v) is 4.31. The number of piperidine rings is 1. The van der Waals surface area contributed by atoms with Crippen molar-refractivity contribution in [1.29, 1.82) is 0 Å². The van der Waals surface area contributed by atoms with Crippen LogP contribution in [-0.4, -0.2) is 63.4 Å². The van der Waals surface area contributed by atoms with Crippen molar-refractivity contribution in [3.8, 4) is 11.5 Å². The lowest BCUT2D eigenvalue weighted by Crippen LogP contribution is -2.53. The molecule has 0 aliphatic carbocycles. The number of aromatic nitrogens is 2. The third-order valence-corrected chi connectivity index (χ3v) is 6.18. The number of hydrogen-bond acceptors (Lipinski definition) is 8. The number of carboxylic acids is 1. The number of anilines is 2. The van der Waals surface area contributed by atoms with Crippen LogP contribution in [0.1, 0.15) is 33.6 Å². The van der Waals surface area contributed by atoms with Crippen LogP contribution in [0.15, 0.2) is 36.7 Å². The van der Waals surface area contributed by atoms with Crippen molar-refractivity contribution in [1.82, 2.24) is 14.9 Å². The summed E-state index contributed by atoms with van der Waals surface area (Å²) >= 11 is 5.91. The molecule has 38 heavy (non-hydrogen) atoms. The van der Waals surface area contributed by atoms with Crippen LogP contribution >= 0.6 is 11.6 Å². The second-order valence-electron chi connectivity index (χ2n) is 9.76. The molecule has 0 saturated carbocycles. The minimum atomic E-state index is -1.15. The average Bonchev–Trinajstić information content (AvgIpc) is 2.85. The molecule has 3 aromatic rings. The number of methoxy groups -OCH3 is 1. The van der Waals surface area contributed by atoms with Crippen LogP contribution in [0.2, 0.25) is 5.02 Å². The Morgan fingerprint density at radius 1 is 1.21 bits per heavy atom. The maximum absolute atomic E-state index is 14.5. The molecule has 2 heterocycles. The number of benzene rings is 2. The van der Waals surface area contributed by atoms with Crippen LogP contribution < -0.4 is 14.8 Å². The summed E-state index contributed by atoms with van der Waals surface area (Å²) in [6, 6.07) is 6.75. The predicted octanol–water partition coefficient (Wildman–Crippen LogP) is 5.41. The third kappa shape index (κ3) is 5.99. The number of aliphatic carboxylic acids is 1. The lowest BCUT2D eigenvalue weighted by atomic mass is 9.99. The number of hydrogen-bond donors (Lipinski definition) is 2. The number of amides is 1. The van der Waals surface area contributed by atoms with Crippen molar-refractivity contribution in [3.63, 3.8) is 0 Å². The molecule has 0 unspecified atom stereocenters. The monoisotopic (exact) mass is 546 g/mol. The summed E-state index contributed by atoms with van der Waals surface area (Å²) in [5, 5.41) is 13.2. The Morgan fingerprint density at radius 3 is 2.66 bits per heavy atom. The third-order valence-electron chi connectivity index (χ3n) is 5.89. The topological polar surface area (TPSA) is 123 Å². The number of nitrogens with one attached hydrogen (secondary N) is 1. The molecule has 10 nitrogen and oxygen atoms in total. The number of carboxylic acid groups (broad SMARTS) is 1. The quantitative estimate of drug-likeness (QED) is 0.418. The van der Waals surface area contributed by atoms with Gasteiger partial charge in [-0.25, -0.2) is 23.9 Å². The molecule has 1 fully saturated rings. The highest BCUT2D eigenvalue weighted by Gasteiger charge is 2.39.